The molecule has 2 aromatic rings. The summed E-state index contributed by atoms with van der Waals surface area (Å²) in [5.41, 5.74) is 0.628. The highest BCUT2D eigenvalue weighted by Crippen LogP contribution is 2.21. The van der Waals surface area contributed by atoms with Crippen LogP contribution in [-0.4, -0.2) is 48.4 Å². The normalized spacial score (nSPS) is 15.4. The van der Waals surface area contributed by atoms with Crippen LogP contribution in [0.3, 0.4) is 0 Å². The van der Waals surface area contributed by atoms with Crippen LogP contribution in [-0.2, 0) is 6.42 Å². The molecule has 0 saturated carbocycles. The lowest BCUT2D eigenvalue weighted by Gasteiger charge is -2.35. The van der Waals surface area contributed by atoms with Gasteiger partial charge in [-0.3, -0.25) is 9.69 Å². The number of hydrogen-bond donors (Lipinski definition) is 0. The van der Waals surface area contributed by atoms with E-state index >= 15 is 0 Å². The molecule has 0 N–H and O–H groups in total. The maximum absolute atomic E-state index is 13.9. The van der Waals surface area contributed by atoms with Crippen LogP contribution in [0, 0.1) is 11.6 Å². The van der Waals surface area contributed by atoms with Gasteiger partial charge in [0.2, 0.25) is 0 Å². The van der Waals surface area contributed by atoms with E-state index in [2.05, 4.69) is 4.90 Å². The van der Waals surface area contributed by atoms with Gasteiger partial charge in [-0.2, -0.15) is 0 Å². The first-order valence-corrected chi connectivity index (χ1v) is 8.63. The van der Waals surface area contributed by atoms with Gasteiger partial charge in [-0.1, -0.05) is 35.9 Å². The van der Waals surface area contributed by atoms with Gasteiger partial charge in [-0.05, 0) is 30.2 Å². The van der Waals surface area contributed by atoms with E-state index in [-0.39, 0.29) is 22.3 Å². The number of halogens is 3. The van der Waals surface area contributed by atoms with E-state index in [9.17, 15) is 13.6 Å². The average Bonchev–Trinajstić information content (AvgIpc) is 2.61. The smallest absolute Gasteiger partial charge is 0.258 e. The van der Waals surface area contributed by atoms with Crippen LogP contribution >= 0.6 is 11.6 Å². The Hall–Kier alpha value is -1.98. The van der Waals surface area contributed by atoms with Crippen molar-refractivity contribution in [3.05, 3.63) is 70.2 Å². The monoisotopic (exact) mass is 364 g/mol. The summed E-state index contributed by atoms with van der Waals surface area (Å²) in [5, 5.41) is 0.131. The molecule has 3 nitrogen and oxygen atoms in total. The van der Waals surface area contributed by atoms with E-state index < -0.39 is 5.82 Å². The molecule has 3 rings (SSSR count). The van der Waals surface area contributed by atoms with Gasteiger partial charge in [-0.15, -0.1) is 0 Å². The quantitative estimate of drug-likeness (QED) is 0.827. The summed E-state index contributed by atoms with van der Waals surface area (Å²) in [6.07, 6.45) is 0.625. The van der Waals surface area contributed by atoms with Crippen LogP contribution < -0.4 is 0 Å². The van der Waals surface area contributed by atoms with Crippen molar-refractivity contribution in [2.45, 2.75) is 6.42 Å². The van der Waals surface area contributed by atoms with Crippen LogP contribution in [0.25, 0.3) is 0 Å². The Kier molecular flexibility index (Phi) is 5.66. The largest absolute Gasteiger partial charge is 0.336 e. The Morgan fingerprint density at radius 3 is 2.32 bits per heavy atom. The molecular weight excluding hydrogens is 346 g/mol. The van der Waals surface area contributed by atoms with E-state index in [0.29, 0.717) is 38.2 Å². The van der Waals surface area contributed by atoms with Crippen molar-refractivity contribution in [1.82, 2.24) is 9.80 Å². The number of carbonyl (C=O) groups is 1. The molecule has 0 aliphatic carbocycles. The van der Waals surface area contributed by atoms with Crippen molar-refractivity contribution in [3.8, 4) is 0 Å². The lowest BCUT2D eigenvalue weighted by Crippen LogP contribution is -2.49. The van der Waals surface area contributed by atoms with E-state index in [1.807, 2.05) is 6.07 Å². The number of benzene rings is 2. The molecule has 132 valence electrons. The predicted octanol–water partition coefficient (Wildman–Crippen LogP) is 3.62. The van der Waals surface area contributed by atoms with Crippen molar-refractivity contribution in [2.75, 3.05) is 32.7 Å². The molecule has 1 heterocycles. The van der Waals surface area contributed by atoms with Gasteiger partial charge in [0.25, 0.3) is 5.91 Å². The standard InChI is InChI=1S/C19H19ClF2N2O/c20-15-5-3-7-17(22)18(15)19(25)24-12-10-23(11-13-24)9-8-14-4-1-2-6-16(14)21/h1-7H,8-13H2. The molecule has 1 aliphatic rings. The zero-order chi connectivity index (χ0) is 17.8. The molecule has 0 unspecified atom stereocenters. The summed E-state index contributed by atoms with van der Waals surface area (Å²) < 4.78 is 27.6. The average molecular weight is 365 g/mol. The maximum Gasteiger partial charge on any atom is 0.258 e. The minimum absolute atomic E-state index is 0.0658. The molecule has 0 spiro atoms. The first-order valence-electron chi connectivity index (χ1n) is 8.25. The second-order valence-corrected chi connectivity index (χ2v) is 6.48. The number of amides is 1. The Labute approximate surface area is 150 Å². The topological polar surface area (TPSA) is 23.6 Å². The fourth-order valence-electron chi connectivity index (χ4n) is 3.01. The van der Waals surface area contributed by atoms with Gasteiger partial charge in [0.05, 0.1) is 10.6 Å². The lowest BCUT2D eigenvalue weighted by atomic mass is 10.1. The fraction of sp³-hybridized carbons (Fsp3) is 0.316. The van der Waals surface area contributed by atoms with Crippen LogP contribution in [0.15, 0.2) is 42.5 Å². The third-order valence-electron chi connectivity index (χ3n) is 4.49. The number of rotatable bonds is 4. The van der Waals surface area contributed by atoms with Crippen molar-refractivity contribution in [2.24, 2.45) is 0 Å². The summed E-state index contributed by atoms with van der Waals surface area (Å²) in [4.78, 5) is 16.3. The van der Waals surface area contributed by atoms with Gasteiger partial charge < -0.3 is 4.90 Å². The van der Waals surface area contributed by atoms with Gasteiger partial charge in [0.15, 0.2) is 0 Å². The van der Waals surface area contributed by atoms with Crippen LogP contribution in [0.4, 0.5) is 8.78 Å². The number of nitrogens with zero attached hydrogens (tertiary/aromatic N) is 2. The molecule has 1 aliphatic heterocycles. The molecule has 2 aromatic carbocycles. The summed E-state index contributed by atoms with van der Waals surface area (Å²) in [5.74, 6) is -1.16. The first-order chi connectivity index (χ1) is 12.1. The van der Waals surface area contributed by atoms with Gasteiger partial charge in [-0.25, -0.2) is 8.78 Å². The van der Waals surface area contributed by atoms with Gasteiger partial charge in [0.1, 0.15) is 11.6 Å². The van der Waals surface area contributed by atoms with Crippen LogP contribution in [0.1, 0.15) is 15.9 Å². The Morgan fingerprint density at radius 1 is 0.960 bits per heavy atom. The Balaban J connectivity index is 1.55. The molecule has 1 amide bonds. The molecule has 0 radical (unpaired) electrons. The van der Waals surface area contributed by atoms with Crippen molar-refractivity contribution in [3.63, 3.8) is 0 Å². The van der Waals surface area contributed by atoms with Crippen LogP contribution in [0.2, 0.25) is 5.02 Å². The molecule has 6 heteroatoms. The minimum atomic E-state index is -0.598. The summed E-state index contributed by atoms with van der Waals surface area (Å²) >= 11 is 5.97. The molecular formula is C19H19ClF2N2O. The van der Waals surface area contributed by atoms with E-state index in [4.69, 9.17) is 11.6 Å². The van der Waals surface area contributed by atoms with Gasteiger partial charge in [0, 0.05) is 32.7 Å². The second kappa shape index (κ2) is 7.93. The Morgan fingerprint density at radius 2 is 1.64 bits per heavy atom. The number of hydrogen-bond acceptors (Lipinski definition) is 2. The maximum atomic E-state index is 13.9. The fourth-order valence-corrected chi connectivity index (χ4v) is 3.26. The van der Waals surface area contributed by atoms with Crippen LogP contribution in [0.5, 0.6) is 0 Å². The predicted molar refractivity (Wildman–Crippen MR) is 93.9 cm³/mol. The van der Waals surface area contributed by atoms with Crippen molar-refractivity contribution in [1.29, 1.82) is 0 Å². The zero-order valence-electron chi connectivity index (χ0n) is 13.7. The number of piperazine rings is 1. The summed E-state index contributed by atoms with van der Waals surface area (Å²) in [7, 11) is 0. The zero-order valence-corrected chi connectivity index (χ0v) is 14.5. The highest BCUT2D eigenvalue weighted by atomic mass is 35.5. The summed E-state index contributed by atoms with van der Waals surface area (Å²) in [6, 6.07) is 11.0. The molecule has 25 heavy (non-hydrogen) atoms. The summed E-state index contributed by atoms with van der Waals surface area (Å²) in [6.45, 7) is 3.07. The minimum Gasteiger partial charge on any atom is -0.336 e. The van der Waals surface area contributed by atoms with E-state index in [1.165, 1.54) is 24.3 Å². The van der Waals surface area contributed by atoms with Gasteiger partial charge >= 0.3 is 0 Å². The first kappa shape index (κ1) is 17.8. The lowest BCUT2D eigenvalue weighted by molar-refractivity contribution is 0.0634. The number of carbonyl (C=O) groups excluding carboxylic acids is 1. The molecule has 0 bridgehead atoms. The van der Waals surface area contributed by atoms with E-state index in [0.717, 1.165) is 6.54 Å². The van der Waals surface area contributed by atoms with Crippen molar-refractivity contribution >= 4 is 17.5 Å². The highest BCUT2D eigenvalue weighted by Gasteiger charge is 2.25. The Bertz CT molecular complexity index is 741. The highest BCUT2D eigenvalue weighted by molar-refractivity contribution is 6.33. The molecule has 1 saturated heterocycles. The molecule has 0 atom stereocenters. The third-order valence-corrected chi connectivity index (χ3v) is 4.81. The van der Waals surface area contributed by atoms with E-state index in [1.54, 1.807) is 17.0 Å². The van der Waals surface area contributed by atoms with Crippen molar-refractivity contribution < 1.29 is 13.6 Å². The molecule has 1 fully saturated rings. The third kappa shape index (κ3) is 4.17. The SMILES string of the molecule is O=C(c1c(F)cccc1Cl)N1CCN(CCc2ccccc2F)CC1. The molecule has 0 aromatic heterocycles. The second-order valence-electron chi connectivity index (χ2n) is 6.07.